The molecule has 0 aromatic heterocycles. The van der Waals surface area contributed by atoms with Gasteiger partial charge < -0.3 is 25.7 Å². The van der Waals surface area contributed by atoms with Crippen LogP contribution in [-0.2, 0) is 9.59 Å². The summed E-state index contributed by atoms with van der Waals surface area (Å²) in [4.78, 5) is 45.2. The third kappa shape index (κ3) is 4.58. The molecule has 0 spiro atoms. The zero-order chi connectivity index (χ0) is 29.0. The van der Waals surface area contributed by atoms with Gasteiger partial charge in [-0.25, -0.2) is 4.79 Å². The maximum absolute atomic E-state index is 14.5. The lowest BCUT2D eigenvalue weighted by atomic mass is 9.48. The first-order valence-corrected chi connectivity index (χ1v) is 14.6. The van der Waals surface area contributed by atoms with Gasteiger partial charge in [0.05, 0.1) is 17.5 Å². The number of rotatable bonds is 5. The number of nitrogens with zero attached hydrogens (tertiary/aromatic N) is 2. The van der Waals surface area contributed by atoms with E-state index in [1.54, 1.807) is 4.90 Å². The van der Waals surface area contributed by atoms with Gasteiger partial charge in [-0.3, -0.25) is 14.5 Å². The number of hydrogen-bond acceptors (Lipinski definition) is 5. The molecule has 3 unspecified atom stereocenters. The van der Waals surface area contributed by atoms with Gasteiger partial charge in [0.25, 0.3) is 11.8 Å². The summed E-state index contributed by atoms with van der Waals surface area (Å²) < 4.78 is 0. The summed E-state index contributed by atoms with van der Waals surface area (Å²) >= 11 is 0. The second-order valence-electron chi connectivity index (χ2n) is 12.5. The maximum atomic E-state index is 14.5. The molecule has 4 fully saturated rings. The van der Waals surface area contributed by atoms with E-state index in [0.717, 1.165) is 32.1 Å². The van der Waals surface area contributed by atoms with Gasteiger partial charge in [0.15, 0.2) is 6.04 Å². The normalized spacial score (nSPS) is 29.7. The summed E-state index contributed by atoms with van der Waals surface area (Å²) in [7, 11) is 0. The highest BCUT2D eigenvalue weighted by atomic mass is 16.3. The predicted molar refractivity (Wildman–Crippen MR) is 158 cm³/mol. The molecule has 4 saturated carbocycles. The molecule has 4 bridgehead atoms. The third-order valence-corrected chi connectivity index (χ3v) is 9.65. The molecule has 4 amide bonds. The molecule has 3 atom stereocenters. The van der Waals surface area contributed by atoms with Crippen LogP contribution < -0.4 is 20.4 Å². The van der Waals surface area contributed by atoms with Gasteiger partial charge in [-0.05, 0) is 104 Å². The van der Waals surface area contributed by atoms with Crippen LogP contribution in [0.3, 0.4) is 0 Å². The fraction of sp³-hybridized carbons (Fsp3) is 0.364. The monoisotopic (exact) mass is 566 g/mol. The number of hydrogen-bond donors (Lipinski definition) is 4. The Morgan fingerprint density at radius 3 is 2.17 bits per heavy atom. The first-order valence-electron chi connectivity index (χ1n) is 14.6. The number of carbonyl (C=O) groups is 3. The number of nitrogens with one attached hydrogen (secondary N) is 2. The Morgan fingerprint density at radius 1 is 0.833 bits per heavy atom. The lowest BCUT2D eigenvalue weighted by Gasteiger charge is -2.59. The molecule has 4 N–H and O–H groups in total. The van der Waals surface area contributed by atoms with Gasteiger partial charge in [-0.15, -0.1) is 0 Å². The zero-order valence-corrected chi connectivity index (χ0v) is 23.1. The number of benzene rings is 3. The number of aliphatic hydroxyl groups is 1. The number of phenolic OH excluding ortho intramolecular Hbond substituents is 1. The standard InChI is InChI=1S/C33H34N4O5/c38-25-12-10-23(11-13-25)34-32(42)35-28-30(40)36(19-33-16-20-14-21(17-33)29(39)22(15-20)18-33)26-8-4-5-9-27(26)37(31(28)41)24-6-2-1-3-7-24/h1-13,20-22,28-29,38-39H,14-19H2,(H2,34,35,42). The van der Waals surface area contributed by atoms with E-state index in [4.69, 9.17) is 0 Å². The molecule has 9 heteroatoms. The molecule has 1 aliphatic heterocycles. The number of para-hydroxylation sites is 3. The van der Waals surface area contributed by atoms with Crippen molar-refractivity contribution in [2.24, 2.45) is 23.2 Å². The van der Waals surface area contributed by atoms with Crippen molar-refractivity contribution in [2.75, 3.05) is 21.7 Å². The minimum Gasteiger partial charge on any atom is -0.508 e. The molecule has 0 saturated heterocycles. The van der Waals surface area contributed by atoms with Gasteiger partial charge in [-0.1, -0.05) is 30.3 Å². The predicted octanol–water partition coefficient (Wildman–Crippen LogP) is 4.78. The van der Waals surface area contributed by atoms with Crippen molar-refractivity contribution < 1.29 is 24.6 Å². The van der Waals surface area contributed by atoms with Crippen LogP contribution >= 0.6 is 0 Å². The Labute approximate surface area is 244 Å². The molecular weight excluding hydrogens is 532 g/mol. The summed E-state index contributed by atoms with van der Waals surface area (Å²) in [6.07, 6.45) is 4.48. The fourth-order valence-corrected chi connectivity index (χ4v) is 8.18. The van der Waals surface area contributed by atoms with E-state index in [1.807, 2.05) is 54.6 Å². The van der Waals surface area contributed by atoms with E-state index in [1.165, 1.54) is 29.2 Å². The average molecular weight is 567 g/mol. The van der Waals surface area contributed by atoms with E-state index >= 15 is 0 Å². The third-order valence-electron chi connectivity index (χ3n) is 9.65. The van der Waals surface area contributed by atoms with Gasteiger partial charge in [0.2, 0.25) is 0 Å². The smallest absolute Gasteiger partial charge is 0.320 e. The number of carbonyl (C=O) groups excluding carboxylic acids is 3. The Hall–Kier alpha value is -4.37. The fourth-order valence-electron chi connectivity index (χ4n) is 8.18. The minimum absolute atomic E-state index is 0.0548. The molecule has 4 aliphatic carbocycles. The Morgan fingerprint density at radius 2 is 1.48 bits per heavy atom. The van der Waals surface area contributed by atoms with Crippen molar-refractivity contribution in [3.63, 3.8) is 0 Å². The number of amides is 4. The van der Waals surface area contributed by atoms with E-state index in [2.05, 4.69) is 10.6 Å². The van der Waals surface area contributed by atoms with Crippen LogP contribution in [0, 0.1) is 23.2 Å². The summed E-state index contributed by atoms with van der Waals surface area (Å²) in [6.45, 7) is 0.423. The van der Waals surface area contributed by atoms with Crippen LogP contribution in [0.15, 0.2) is 78.9 Å². The molecule has 3 aromatic carbocycles. The summed E-state index contributed by atoms with van der Waals surface area (Å²) in [5.74, 6) is 0.0305. The molecule has 5 aliphatic rings. The van der Waals surface area contributed by atoms with Crippen LogP contribution in [-0.4, -0.2) is 46.7 Å². The first kappa shape index (κ1) is 26.5. The average Bonchev–Trinajstić information content (AvgIpc) is 3.06. The lowest BCUT2D eigenvalue weighted by molar-refractivity contribution is -0.136. The zero-order valence-electron chi connectivity index (χ0n) is 23.1. The summed E-state index contributed by atoms with van der Waals surface area (Å²) in [5.41, 5.74) is 2.05. The van der Waals surface area contributed by atoms with Crippen LogP contribution in [0.25, 0.3) is 0 Å². The highest BCUT2D eigenvalue weighted by molar-refractivity contribution is 6.24. The molecular formula is C33H34N4O5. The van der Waals surface area contributed by atoms with E-state index < -0.39 is 23.9 Å². The van der Waals surface area contributed by atoms with Gasteiger partial charge in [0.1, 0.15) is 5.75 Å². The lowest BCUT2D eigenvalue weighted by Crippen LogP contribution is -2.60. The number of aromatic hydroxyl groups is 1. The number of urea groups is 1. The highest BCUT2D eigenvalue weighted by Gasteiger charge is 2.56. The van der Waals surface area contributed by atoms with E-state index in [0.29, 0.717) is 35.2 Å². The molecule has 0 radical (unpaired) electrons. The highest BCUT2D eigenvalue weighted by Crippen LogP contribution is 2.60. The van der Waals surface area contributed by atoms with Gasteiger partial charge in [-0.2, -0.15) is 0 Å². The number of phenols is 1. The maximum Gasteiger partial charge on any atom is 0.320 e. The van der Waals surface area contributed by atoms with E-state index in [-0.39, 0.29) is 29.1 Å². The van der Waals surface area contributed by atoms with Crippen LogP contribution in [0.5, 0.6) is 5.75 Å². The molecule has 3 aromatic rings. The Kier molecular flexibility index (Phi) is 6.42. The molecule has 9 nitrogen and oxygen atoms in total. The van der Waals surface area contributed by atoms with Gasteiger partial charge in [0, 0.05) is 17.9 Å². The second-order valence-corrected chi connectivity index (χ2v) is 12.5. The van der Waals surface area contributed by atoms with E-state index in [9.17, 15) is 24.6 Å². The van der Waals surface area contributed by atoms with Gasteiger partial charge >= 0.3 is 6.03 Å². The molecule has 42 heavy (non-hydrogen) atoms. The van der Waals surface area contributed by atoms with Crippen molar-refractivity contribution in [1.82, 2.24) is 5.32 Å². The quantitative estimate of drug-likeness (QED) is 0.262. The van der Waals surface area contributed by atoms with Crippen LogP contribution in [0.2, 0.25) is 0 Å². The number of fused-ring (bicyclic) bond motifs is 1. The van der Waals surface area contributed by atoms with Crippen LogP contribution in [0.4, 0.5) is 27.5 Å². The first-order chi connectivity index (χ1) is 20.3. The Balaban J connectivity index is 1.27. The number of anilines is 4. The van der Waals surface area contributed by atoms with Crippen molar-refractivity contribution in [1.29, 1.82) is 0 Å². The topological polar surface area (TPSA) is 122 Å². The van der Waals surface area contributed by atoms with Crippen molar-refractivity contribution in [3.05, 3.63) is 78.9 Å². The molecule has 8 rings (SSSR count). The van der Waals surface area contributed by atoms with Crippen molar-refractivity contribution in [2.45, 2.75) is 44.2 Å². The Bertz CT molecular complexity index is 1510. The summed E-state index contributed by atoms with van der Waals surface area (Å²) in [5, 5.41) is 25.8. The molecule has 216 valence electrons. The van der Waals surface area contributed by atoms with Crippen molar-refractivity contribution in [3.8, 4) is 5.75 Å². The largest absolute Gasteiger partial charge is 0.508 e. The second kappa shape index (κ2) is 10.2. The molecule has 1 heterocycles. The number of aliphatic hydroxyl groups excluding tert-OH is 1. The summed E-state index contributed by atoms with van der Waals surface area (Å²) in [6, 6.07) is 20.3. The van der Waals surface area contributed by atoms with Crippen molar-refractivity contribution >= 4 is 40.6 Å². The SMILES string of the molecule is O=C(Nc1ccc(O)cc1)NC1C(=O)N(CC23CC4CC(C2)C(O)C(C4)C3)c2ccccc2N(c2ccccc2)C1=O. The minimum atomic E-state index is -1.48. The van der Waals surface area contributed by atoms with Crippen LogP contribution in [0.1, 0.15) is 32.1 Å².